The molecule has 2 N–H and O–H groups in total. The van der Waals surface area contributed by atoms with Gasteiger partial charge in [-0.05, 0) is 12.1 Å². The average Bonchev–Trinajstić information content (AvgIpc) is 2.53. The summed E-state index contributed by atoms with van der Waals surface area (Å²) in [5.74, 6) is 0. The molecule has 114 valence electrons. The summed E-state index contributed by atoms with van der Waals surface area (Å²) in [5.41, 5.74) is -0.962. The van der Waals surface area contributed by atoms with Gasteiger partial charge in [0, 0.05) is 12.1 Å². The van der Waals surface area contributed by atoms with Crippen molar-refractivity contribution in [1.29, 1.82) is 0 Å². The molecule has 0 heterocycles. The Morgan fingerprint density at radius 2 is 1.05 bits per heavy atom. The second-order valence-corrected chi connectivity index (χ2v) is 4.52. The van der Waals surface area contributed by atoms with Gasteiger partial charge < -0.3 is 10.2 Å². The first-order chi connectivity index (χ1) is 10.4. The molecular formula is C14H12N2O6. The average molecular weight is 304 g/mol. The van der Waals surface area contributed by atoms with Crippen LogP contribution < -0.4 is 0 Å². The molecule has 0 bridgehead atoms. The summed E-state index contributed by atoms with van der Waals surface area (Å²) >= 11 is 0. The molecule has 2 aromatic carbocycles. The normalized spacial score (nSPS) is 13.4. The maximum Gasteiger partial charge on any atom is 0.275 e. The van der Waals surface area contributed by atoms with Gasteiger partial charge in [-0.1, -0.05) is 24.3 Å². The van der Waals surface area contributed by atoms with Crippen molar-refractivity contribution in [2.45, 2.75) is 12.2 Å². The van der Waals surface area contributed by atoms with Gasteiger partial charge in [-0.3, -0.25) is 20.2 Å². The smallest absolute Gasteiger partial charge is 0.275 e. The van der Waals surface area contributed by atoms with Crippen LogP contribution in [0.15, 0.2) is 48.5 Å². The van der Waals surface area contributed by atoms with E-state index < -0.39 is 22.1 Å². The first-order valence-corrected chi connectivity index (χ1v) is 6.26. The Bertz CT molecular complexity index is 656. The third kappa shape index (κ3) is 2.92. The zero-order chi connectivity index (χ0) is 16.3. The zero-order valence-electron chi connectivity index (χ0n) is 11.2. The number of nitro groups is 2. The molecule has 8 heteroatoms. The number of hydrogen-bond donors (Lipinski definition) is 2. The van der Waals surface area contributed by atoms with Crippen molar-refractivity contribution in [3.63, 3.8) is 0 Å². The van der Waals surface area contributed by atoms with Crippen molar-refractivity contribution in [2.75, 3.05) is 0 Å². The van der Waals surface area contributed by atoms with Crippen LogP contribution in [0, 0.1) is 20.2 Å². The summed E-state index contributed by atoms with van der Waals surface area (Å²) in [7, 11) is 0. The number of aliphatic hydroxyl groups is 2. The van der Waals surface area contributed by atoms with Crippen LogP contribution in [0.4, 0.5) is 11.4 Å². The van der Waals surface area contributed by atoms with Gasteiger partial charge >= 0.3 is 0 Å². The van der Waals surface area contributed by atoms with E-state index in [-0.39, 0.29) is 22.5 Å². The van der Waals surface area contributed by atoms with Gasteiger partial charge in [0.1, 0.15) is 12.2 Å². The Morgan fingerprint density at radius 3 is 1.36 bits per heavy atom. The number of benzene rings is 2. The van der Waals surface area contributed by atoms with Crippen LogP contribution in [0.3, 0.4) is 0 Å². The molecule has 0 saturated heterocycles. The molecule has 0 radical (unpaired) electrons. The third-order valence-corrected chi connectivity index (χ3v) is 3.20. The minimum Gasteiger partial charge on any atom is -0.385 e. The summed E-state index contributed by atoms with van der Waals surface area (Å²) in [4.78, 5) is 20.6. The van der Waals surface area contributed by atoms with Gasteiger partial charge in [0.05, 0.1) is 21.0 Å². The Kier molecular flexibility index (Phi) is 4.44. The van der Waals surface area contributed by atoms with Gasteiger partial charge in [0.2, 0.25) is 0 Å². The summed E-state index contributed by atoms with van der Waals surface area (Å²) in [6.07, 6.45) is -3.33. The van der Waals surface area contributed by atoms with Gasteiger partial charge in [0.15, 0.2) is 0 Å². The Hall–Kier alpha value is -2.84. The van der Waals surface area contributed by atoms with E-state index in [9.17, 15) is 30.4 Å². The van der Waals surface area contributed by atoms with Crippen LogP contribution in [-0.4, -0.2) is 20.1 Å². The molecule has 22 heavy (non-hydrogen) atoms. The standard InChI is InChI=1S/C14H12N2O6/c17-13(9-5-1-3-7-11(9)15(19)20)14(18)10-6-2-4-8-12(10)16(21)22/h1-8,13-14,17-18H/t13-,14-/m0/s1. The van der Waals surface area contributed by atoms with Crippen molar-refractivity contribution in [3.8, 4) is 0 Å². The second kappa shape index (κ2) is 6.29. The maximum absolute atomic E-state index is 11.0. The molecule has 0 aromatic heterocycles. The molecule has 0 aliphatic carbocycles. The Balaban J connectivity index is 2.45. The highest BCUT2D eigenvalue weighted by Crippen LogP contribution is 2.36. The van der Waals surface area contributed by atoms with Crippen molar-refractivity contribution in [3.05, 3.63) is 79.9 Å². The largest absolute Gasteiger partial charge is 0.385 e. The number of aliphatic hydroxyl groups excluding tert-OH is 2. The first kappa shape index (κ1) is 15.5. The summed E-state index contributed by atoms with van der Waals surface area (Å²) < 4.78 is 0. The molecule has 2 atom stereocenters. The van der Waals surface area contributed by atoms with E-state index in [2.05, 4.69) is 0 Å². The van der Waals surface area contributed by atoms with Crippen molar-refractivity contribution >= 4 is 11.4 Å². The predicted octanol–water partition coefficient (Wildman–Crippen LogP) is 2.27. The Labute approximate surface area is 124 Å². The molecule has 0 amide bonds. The van der Waals surface area contributed by atoms with Gasteiger partial charge in [-0.25, -0.2) is 0 Å². The Morgan fingerprint density at radius 1 is 0.727 bits per heavy atom. The lowest BCUT2D eigenvalue weighted by molar-refractivity contribution is -0.387. The molecule has 0 spiro atoms. The van der Waals surface area contributed by atoms with E-state index in [1.165, 1.54) is 48.5 Å². The van der Waals surface area contributed by atoms with Crippen LogP contribution in [0.25, 0.3) is 0 Å². The molecule has 0 saturated carbocycles. The molecule has 0 unspecified atom stereocenters. The lowest BCUT2D eigenvalue weighted by Crippen LogP contribution is -2.13. The minimum atomic E-state index is -1.66. The van der Waals surface area contributed by atoms with Gasteiger partial charge in [-0.15, -0.1) is 0 Å². The molecular weight excluding hydrogens is 292 g/mol. The highest BCUT2D eigenvalue weighted by Gasteiger charge is 2.30. The van der Waals surface area contributed by atoms with Crippen LogP contribution in [-0.2, 0) is 0 Å². The van der Waals surface area contributed by atoms with Crippen molar-refractivity contribution in [2.24, 2.45) is 0 Å². The van der Waals surface area contributed by atoms with E-state index >= 15 is 0 Å². The van der Waals surface area contributed by atoms with Crippen LogP contribution >= 0.6 is 0 Å². The number of para-hydroxylation sites is 2. The van der Waals surface area contributed by atoms with Crippen LogP contribution in [0.5, 0.6) is 0 Å². The van der Waals surface area contributed by atoms with E-state index in [0.29, 0.717) is 0 Å². The van der Waals surface area contributed by atoms with Crippen LogP contribution in [0.1, 0.15) is 23.3 Å². The SMILES string of the molecule is O=[N+]([O-])c1ccccc1[C@H](O)[C@@H](O)c1ccccc1[N+](=O)[O-]. The van der Waals surface area contributed by atoms with Gasteiger partial charge in [0.25, 0.3) is 11.4 Å². The predicted molar refractivity (Wildman–Crippen MR) is 76.1 cm³/mol. The maximum atomic E-state index is 11.0. The second-order valence-electron chi connectivity index (χ2n) is 4.52. The zero-order valence-corrected chi connectivity index (χ0v) is 11.2. The highest BCUT2D eigenvalue weighted by molar-refractivity contribution is 5.46. The molecule has 8 nitrogen and oxygen atoms in total. The monoisotopic (exact) mass is 304 g/mol. The topological polar surface area (TPSA) is 127 Å². The van der Waals surface area contributed by atoms with Crippen molar-refractivity contribution < 1.29 is 20.1 Å². The summed E-state index contributed by atoms with van der Waals surface area (Å²) in [6, 6.07) is 10.7. The number of nitrogens with zero attached hydrogens (tertiary/aromatic N) is 2. The van der Waals surface area contributed by atoms with Gasteiger partial charge in [-0.2, -0.15) is 0 Å². The lowest BCUT2D eigenvalue weighted by atomic mass is 9.96. The fourth-order valence-corrected chi connectivity index (χ4v) is 2.15. The minimum absolute atomic E-state index is 0.113. The molecule has 0 aliphatic heterocycles. The molecule has 0 fully saturated rings. The third-order valence-electron chi connectivity index (χ3n) is 3.20. The number of nitro benzene ring substituents is 2. The molecule has 2 rings (SSSR count). The highest BCUT2D eigenvalue weighted by atomic mass is 16.6. The van der Waals surface area contributed by atoms with E-state index in [1.54, 1.807) is 0 Å². The van der Waals surface area contributed by atoms with Crippen molar-refractivity contribution in [1.82, 2.24) is 0 Å². The summed E-state index contributed by atoms with van der Waals surface area (Å²) in [5, 5.41) is 42.3. The molecule has 2 aromatic rings. The van der Waals surface area contributed by atoms with E-state index in [1.807, 2.05) is 0 Å². The lowest BCUT2D eigenvalue weighted by Gasteiger charge is -2.18. The van der Waals surface area contributed by atoms with Crippen LogP contribution in [0.2, 0.25) is 0 Å². The first-order valence-electron chi connectivity index (χ1n) is 6.26. The number of hydrogen-bond acceptors (Lipinski definition) is 6. The molecule has 0 aliphatic rings. The summed E-state index contributed by atoms with van der Waals surface area (Å²) in [6.45, 7) is 0. The van der Waals surface area contributed by atoms with E-state index in [4.69, 9.17) is 0 Å². The van der Waals surface area contributed by atoms with E-state index in [0.717, 1.165) is 0 Å². The fourth-order valence-electron chi connectivity index (χ4n) is 2.15. The number of rotatable bonds is 5. The quantitative estimate of drug-likeness (QED) is 0.644. The fraction of sp³-hybridized carbons (Fsp3) is 0.143.